The van der Waals surface area contributed by atoms with Crippen LogP contribution >= 0.6 is 0 Å². The first-order chi connectivity index (χ1) is 11.1. The van der Waals surface area contributed by atoms with Crippen LogP contribution in [0, 0.1) is 10.1 Å². The van der Waals surface area contributed by atoms with Crippen LogP contribution in [0.2, 0.25) is 0 Å². The number of benzene rings is 2. The Morgan fingerprint density at radius 3 is 2.43 bits per heavy atom. The summed E-state index contributed by atoms with van der Waals surface area (Å²) in [5, 5.41) is 16.6. The Morgan fingerprint density at radius 1 is 1.09 bits per heavy atom. The molecule has 120 valence electrons. The summed E-state index contributed by atoms with van der Waals surface area (Å²) in [6.45, 7) is 2.84. The van der Waals surface area contributed by atoms with Crippen molar-refractivity contribution in [1.82, 2.24) is 5.32 Å². The summed E-state index contributed by atoms with van der Waals surface area (Å²) in [5.74, 6) is -0.156. The van der Waals surface area contributed by atoms with Crippen LogP contribution < -0.4 is 10.6 Å². The summed E-state index contributed by atoms with van der Waals surface area (Å²) in [6, 6.07) is 13.9. The molecule has 0 heterocycles. The Bertz CT molecular complexity index is 684. The minimum absolute atomic E-state index is 0.0222. The van der Waals surface area contributed by atoms with E-state index in [1.54, 1.807) is 30.3 Å². The van der Waals surface area contributed by atoms with Crippen LogP contribution in [0.4, 0.5) is 11.4 Å². The van der Waals surface area contributed by atoms with Crippen LogP contribution in [-0.2, 0) is 6.42 Å². The average molecular weight is 313 g/mol. The van der Waals surface area contributed by atoms with Crippen LogP contribution in [-0.4, -0.2) is 23.9 Å². The van der Waals surface area contributed by atoms with Crippen LogP contribution in [0.25, 0.3) is 0 Å². The predicted molar refractivity (Wildman–Crippen MR) is 89.7 cm³/mol. The van der Waals surface area contributed by atoms with Crippen LogP contribution in [0.3, 0.4) is 0 Å². The van der Waals surface area contributed by atoms with E-state index < -0.39 is 4.92 Å². The second-order valence-electron chi connectivity index (χ2n) is 5.01. The molecule has 1 amide bonds. The summed E-state index contributed by atoms with van der Waals surface area (Å²) < 4.78 is 0. The van der Waals surface area contributed by atoms with Crippen molar-refractivity contribution < 1.29 is 9.72 Å². The van der Waals surface area contributed by atoms with Gasteiger partial charge in [-0.3, -0.25) is 14.9 Å². The Morgan fingerprint density at radius 2 is 1.78 bits per heavy atom. The fraction of sp³-hybridized carbons (Fsp3) is 0.235. The zero-order valence-electron chi connectivity index (χ0n) is 12.9. The smallest absolute Gasteiger partial charge is 0.292 e. The third-order valence-electron chi connectivity index (χ3n) is 3.45. The molecule has 0 saturated heterocycles. The lowest BCUT2D eigenvalue weighted by Crippen LogP contribution is -2.28. The fourth-order valence-electron chi connectivity index (χ4n) is 2.15. The lowest BCUT2D eigenvalue weighted by molar-refractivity contribution is -0.384. The van der Waals surface area contributed by atoms with Gasteiger partial charge < -0.3 is 10.6 Å². The van der Waals surface area contributed by atoms with Gasteiger partial charge in [0.2, 0.25) is 0 Å². The number of carbonyl (C=O) groups excluding carboxylic acids is 1. The first-order valence-corrected chi connectivity index (χ1v) is 7.46. The van der Waals surface area contributed by atoms with Crippen molar-refractivity contribution in [2.75, 3.05) is 18.4 Å². The Balaban J connectivity index is 1.83. The number of carbonyl (C=O) groups is 1. The molecule has 0 aliphatic heterocycles. The van der Waals surface area contributed by atoms with E-state index in [1.165, 1.54) is 11.6 Å². The van der Waals surface area contributed by atoms with Gasteiger partial charge in [0, 0.05) is 24.7 Å². The third kappa shape index (κ3) is 4.54. The van der Waals surface area contributed by atoms with Crippen molar-refractivity contribution >= 4 is 17.3 Å². The predicted octanol–water partition coefficient (Wildman–Crippen LogP) is 3.00. The van der Waals surface area contributed by atoms with Gasteiger partial charge in [-0.25, -0.2) is 0 Å². The van der Waals surface area contributed by atoms with E-state index in [1.807, 2.05) is 12.1 Å². The molecule has 6 nitrogen and oxygen atoms in total. The Hall–Kier alpha value is -2.89. The maximum absolute atomic E-state index is 12.0. The molecule has 0 spiro atoms. The van der Waals surface area contributed by atoms with Gasteiger partial charge in [-0.2, -0.15) is 0 Å². The quantitative estimate of drug-likeness (QED) is 0.467. The van der Waals surface area contributed by atoms with Gasteiger partial charge in [-0.1, -0.05) is 31.2 Å². The molecular weight excluding hydrogens is 294 g/mol. The lowest BCUT2D eigenvalue weighted by Gasteiger charge is -2.08. The van der Waals surface area contributed by atoms with Crippen molar-refractivity contribution in [2.45, 2.75) is 13.3 Å². The molecule has 23 heavy (non-hydrogen) atoms. The molecule has 0 unspecified atom stereocenters. The number of aryl methyl sites for hydroxylation is 1. The monoisotopic (exact) mass is 313 g/mol. The Kier molecular flexibility index (Phi) is 5.68. The van der Waals surface area contributed by atoms with Crippen LogP contribution in [0.1, 0.15) is 22.8 Å². The van der Waals surface area contributed by atoms with Gasteiger partial charge >= 0.3 is 0 Å². The number of nitrogens with zero attached hydrogens (tertiary/aromatic N) is 1. The molecule has 0 bridgehead atoms. The van der Waals surface area contributed by atoms with Crippen LogP contribution in [0.15, 0.2) is 48.5 Å². The fourth-order valence-corrected chi connectivity index (χ4v) is 2.15. The van der Waals surface area contributed by atoms with Crippen molar-refractivity contribution in [2.24, 2.45) is 0 Å². The maximum atomic E-state index is 12.0. The van der Waals surface area contributed by atoms with Crippen LogP contribution in [0.5, 0.6) is 0 Å². The molecule has 0 aliphatic carbocycles. The number of hydrogen-bond donors (Lipinski definition) is 2. The molecule has 0 aliphatic rings. The Labute approximate surface area is 134 Å². The molecular formula is C17H19N3O3. The largest absolute Gasteiger partial charge is 0.378 e. The molecule has 6 heteroatoms. The van der Waals surface area contributed by atoms with Gasteiger partial charge in [0.15, 0.2) is 0 Å². The highest BCUT2D eigenvalue weighted by molar-refractivity contribution is 5.94. The zero-order valence-corrected chi connectivity index (χ0v) is 12.9. The summed E-state index contributed by atoms with van der Waals surface area (Å²) in [7, 11) is 0. The summed E-state index contributed by atoms with van der Waals surface area (Å²) in [5.41, 5.74) is 2.25. The molecule has 0 fully saturated rings. The number of hydrogen-bond acceptors (Lipinski definition) is 4. The molecule has 2 N–H and O–H groups in total. The highest BCUT2D eigenvalue weighted by atomic mass is 16.6. The minimum Gasteiger partial charge on any atom is -0.378 e. The number of amides is 1. The van der Waals surface area contributed by atoms with E-state index in [0.29, 0.717) is 24.3 Å². The summed E-state index contributed by atoms with van der Waals surface area (Å²) >= 11 is 0. The average Bonchev–Trinajstić information content (AvgIpc) is 2.58. The maximum Gasteiger partial charge on any atom is 0.292 e. The van der Waals surface area contributed by atoms with Crippen molar-refractivity contribution in [3.05, 3.63) is 69.8 Å². The van der Waals surface area contributed by atoms with Crippen molar-refractivity contribution in [3.8, 4) is 0 Å². The second-order valence-corrected chi connectivity index (χ2v) is 5.01. The van der Waals surface area contributed by atoms with Crippen molar-refractivity contribution in [1.29, 1.82) is 0 Å². The topological polar surface area (TPSA) is 84.3 Å². The van der Waals surface area contributed by atoms with Gasteiger partial charge in [0.25, 0.3) is 11.6 Å². The third-order valence-corrected chi connectivity index (χ3v) is 3.45. The van der Waals surface area contributed by atoms with E-state index in [-0.39, 0.29) is 11.6 Å². The number of para-hydroxylation sites is 2. The van der Waals surface area contributed by atoms with E-state index >= 15 is 0 Å². The van der Waals surface area contributed by atoms with Gasteiger partial charge in [-0.15, -0.1) is 0 Å². The zero-order chi connectivity index (χ0) is 16.7. The minimum atomic E-state index is -0.434. The molecule has 2 aromatic rings. The molecule has 2 rings (SSSR count). The van der Waals surface area contributed by atoms with E-state index in [9.17, 15) is 14.9 Å². The number of nitro benzene ring substituents is 1. The first-order valence-electron chi connectivity index (χ1n) is 7.46. The number of rotatable bonds is 7. The molecule has 0 saturated carbocycles. The number of anilines is 1. The second kappa shape index (κ2) is 7.93. The van der Waals surface area contributed by atoms with Gasteiger partial charge in [0.05, 0.1) is 4.92 Å². The number of nitro groups is 1. The normalized spacial score (nSPS) is 10.1. The highest BCUT2D eigenvalue weighted by Crippen LogP contribution is 2.22. The van der Waals surface area contributed by atoms with E-state index in [0.717, 1.165) is 6.42 Å². The number of nitrogens with one attached hydrogen (secondary N) is 2. The lowest BCUT2D eigenvalue weighted by atomic mass is 10.1. The molecule has 0 radical (unpaired) electrons. The first kappa shape index (κ1) is 16.5. The van der Waals surface area contributed by atoms with Gasteiger partial charge in [0.1, 0.15) is 5.69 Å². The summed E-state index contributed by atoms with van der Waals surface area (Å²) in [4.78, 5) is 22.4. The summed E-state index contributed by atoms with van der Waals surface area (Å²) in [6.07, 6.45) is 0.932. The standard InChI is InChI=1S/C17H19N3O3/c1-2-13-7-9-14(10-8-13)17(21)19-12-11-18-15-5-3-4-6-16(15)20(22)23/h3-10,18H,2,11-12H2,1H3,(H,19,21). The SMILES string of the molecule is CCc1ccc(C(=O)NCCNc2ccccc2[N+](=O)[O-])cc1. The molecule has 0 atom stereocenters. The van der Waals surface area contributed by atoms with Crippen molar-refractivity contribution in [3.63, 3.8) is 0 Å². The van der Waals surface area contributed by atoms with E-state index in [2.05, 4.69) is 17.6 Å². The molecule has 2 aromatic carbocycles. The van der Waals surface area contributed by atoms with E-state index in [4.69, 9.17) is 0 Å². The van der Waals surface area contributed by atoms with Gasteiger partial charge in [-0.05, 0) is 30.2 Å². The highest BCUT2D eigenvalue weighted by Gasteiger charge is 2.11. The molecule has 0 aromatic heterocycles.